The Kier molecular flexibility index (Phi) is 5.28. The van der Waals surface area contributed by atoms with E-state index in [0.717, 1.165) is 5.56 Å². The number of allylic oxidation sites excluding steroid dienone is 1. The number of fused-ring (bicyclic) bond motifs is 1. The van der Waals surface area contributed by atoms with Gasteiger partial charge in [-0.2, -0.15) is 10.2 Å². The highest BCUT2D eigenvalue weighted by Crippen LogP contribution is 2.37. The fourth-order valence-corrected chi connectivity index (χ4v) is 3.98. The fourth-order valence-electron chi connectivity index (χ4n) is 3.98. The van der Waals surface area contributed by atoms with Gasteiger partial charge >= 0.3 is 0 Å². The first-order chi connectivity index (χ1) is 16.5. The zero-order valence-corrected chi connectivity index (χ0v) is 18.2. The Labute approximate surface area is 195 Å². The highest BCUT2D eigenvalue weighted by atomic mass is 16.3. The van der Waals surface area contributed by atoms with Crippen LogP contribution in [0.25, 0.3) is 11.4 Å². The SMILES string of the molecule is CC1=C(C(=O)Nc2ccccc2)C(c2ccc(C#N)cc2)n2nc(-c3cccc(O)c3)nc2N1. The summed E-state index contributed by atoms with van der Waals surface area (Å²) < 4.78 is 1.66. The van der Waals surface area contributed by atoms with Gasteiger partial charge < -0.3 is 15.7 Å². The molecule has 1 aromatic heterocycles. The molecule has 8 nitrogen and oxygen atoms in total. The summed E-state index contributed by atoms with van der Waals surface area (Å²) in [6.07, 6.45) is 0. The molecule has 1 aliphatic rings. The van der Waals surface area contributed by atoms with Crippen LogP contribution in [0.4, 0.5) is 11.6 Å². The Morgan fingerprint density at radius 3 is 2.56 bits per heavy atom. The summed E-state index contributed by atoms with van der Waals surface area (Å²) in [5, 5.41) is 29.9. The van der Waals surface area contributed by atoms with Crippen LogP contribution in [0.1, 0.15) is 24.1 Å². The first-order valence-electron chi connectivity index (χ1n) is 10.6. The molecule has 0 spiro atoms. The average Bonchev–Trinajstić information content (AvgIpc) is 3.27. The molecule has 3 N–H and O–H groups in total. The molecule has 3 aromatic carbocycles. The zero-order valence-electron chi connectivity index (χ0n) is 18.2. The molecule has 4 aromatic rings. The van der Waals surface area contributed by atoms with Crippen molar-refractivity contribution < 1.29 is 9.90 Å². The fraction of sp³-hybridized carbons (Fsp3) is 0.0769. The van der Waals surface area contributed by atoms with Crippen molar-refractivity contribution in [1.29, 1.82) is 5.26 Å². The summed E-state index contributed by atoms with van der Waals surface area (Å²) in [6.45, 7) is 1.82. The second-order valence-electron chi connectivity index (χ2n) is 7.87. The number of hydrogen-bond acceptors (Lipinski definition) is 6. The number of aromatic hydroxyl groups is 1. The van der Waals surface area contributed by atoms with Crippen LogP contribution in [0.3, 0.4) is 0 Å². The monoisotopic (exact) mass is 448 g/mol. The summed E-state index contributed by atoms with van der Waals surface area (Å²) >= 11 is 0. The lowest BCUT2D eigenvalue weighted by atomic mass is 9.94. The zero-order chi connectivity index (χ0) is 23.7. The Morgan fingerprint density at radius 1 is 1.09 bits per heavy atom. The number of nitrogens with one attached hydrogen (secondary N) is 2. The van der Waals surface area contributed by atoms with Crippen LogP contribution in [-0.4, -0.2) is 25.8 Å². The van der Waals surface area contributed by atoms with Crippen molar-refractivity contribution in [3.05, 3.63) is 101 Å². The molecule has 1 unspecified atom stereocenters. The predicted octanol–water partition coefficient (Wildman–Crippen LogP) is 4.45. The molecule has 0 aliphatic carbocycles. The number of nitrogens with zero attached hydrogens (tertiary/aromatic N) is 4. The molecule has 1 amide bonds. The third-order valence-corrected chi connectivity index (χ3v) is 5.59. The minimum Gasteiger partial charge on any atom is -0.508 e. The summed E-state index contributed by atoms with van der Waals surface area (Å²) in [7, 11) is 0. The summed E-state index contributed by atoms with van der Waals surface area (Å²) in [6, 6.07) is 24.5. The number of hydrogen-bond donors (Lipinski definition) is 3. The van der Waals surface area contributed by atoms with E-state index < -0.39 is 6.04 Å². The number of rotatable bonds is 4. The molecule has 0 saturated heterocycles. The maximum absolute atomic E-state index is 13.5. The molecule has 0 radical (unpaired) electrons. The quantitative estimate of drug-likeness (QED) is 0.425. The van der Waals surface area contributed by atoms with Gasteiger partial charge in [-0.25, -0.2) is 4.68 Å². The van der Waals surface area contributed by atoms with Crippen molar-refractivity contribution in [1.82, 2.24) is 14.8 Å². The third-order valence-electron chi connectivity index (χ3n) is 5.59. The van der Waals surface area contributed by atoms with Gasteiger partial charge in [0.15, 0.2) is 5.82 Å². The van der Waals surface area contributed by atoms with Gasteiger partial charge in [0.05, 0.1) is 17.2 Å². The van der Waals surface area contributed by atoms with Gasteiger partial charge in [0, 0.05) is 16.9 Å². The number of nitriles is 1. The topological polar surface area (TPSA) is 116 Å². The van der Waals surface area contributed by atoms with Gasteiger partial charge in [0.2, 0.25) is 5.95 Å². The molecular weight excluding hydrogens is 428 g/mol. The van der Waals surface area contributed by atoms with Crippen molar-refractivity contribution in [2.45, 2.75) is 13.0 Å². The average molecular weight is 448 g/mol. The molecule has 1 atom stereocenters. The number of anilines is 2. The minimum atomic E-state index is -0.578. The third kappa shape index (κ3) is 3.87. The van der Waals surface area contributed by atoms with Crippen molar-refractivity contribution in [3.8, 4) is 23.2 Å². The smallest absolute Gasteiger partial charge is 0.255 e. The van der Waals surface area contributed by atoms with Crippen LogP contribution in [0.5, 0.6) is 5.75 Å². The van der Waals surface area contributed by atoms with Crippen LogP contribution in [0.15, 0.2) is 90.1 Å². The molecule has 8 heteroatoms. The number of benzene rings is 3. The second kappa shape index (κ2) is 8.56. The van der Waals surface area contributed by atoms with E-state index in [1.54, 1.807) is 41.1 Å². The number of phenolic OH excluding ortho intramolecular Hbond substituents is 1. The molecule has 2 heterocycles. The number of phenols is 1. The van der Waals surface area contributed by atoms with Gasteiger partial charge in [0.1, 0.15) is 11.8 Å². The highest BCUT2D eigenvalue weighted by molar-refractivity contribution is 6.06. The largest absolute Gasteiger partial charge is 0.508 e. The Hall–Kier alpha value is -4.90. The van der Waals surface area contributed by atoms with Gasteiger partial charge in [-0.15, -0.1) is 5.10 Å². The first kappa shape index (κ1) is 21.0. The van der Waals surface area contributed by atoms with Crippen molar-refractivity contribution in [2.24, 2.45) is 0 Å². The summed E-state index contributed by atoms with van der Waals surface area (Å²) in [4.78, 5) is 18.1. The Bertz CT molecular complexity index is 1450. The lowest BCUT2D eigenvalue weighted by molar-refractivity contribution is -0.113. The molecular formula is C26H20N6O2. The predicted molar refractivity (Wildman–Crippen MR) is 128 cm³/mol. The van der Waals surface area contributed by atoms with Crippen LogP contribution < -0.4 is 10.6 Å². The van der Waals surface area contributed by atoms with Gasteiger partial charge in [-0.3, -0.25) is 4.79 Å². The van der Waals surface area contributed by atoms with E-state index in [9.17, 15) is 15.2 Å². The van der Waals surface area contributed by atoms with Crippen LogP contribution in [0.2, 0.25) is 0 Å². The first-order valence-corrected chi connectivity index (χ1v) is 10.6. The number of carbonyl (C=O) groups is 1. The van der Waals surface area contributed by atoms with Gasteiger partial charge in [-0.05, 0) is 48.9 Å². The van der Waals surface area contributed by atoms with E-state index in [1.807, 2.05) is 49.4 Å². The maximum atomic E-state index is 13.5. The molecule has 0 bridgehead atoms. The minimum absolute atomic E-state index is 0.110. The number of carbonyl (C=O) groups excluding carboxylic acids is 1. The lowest BCUT2D eigenvalue weighted by Gasteiger charge is -2.28. The standard InChI is InChI=1S/C26H20N6O2/c1-16-22(25(34)29-20-7-3-2-4-8-20)23(18-12-10-17(15-27)11-13-18)32-26(28-16)30-24(31-32)19-6-5-9-21(33)14-19/h2-14,23,33H,1H3,(H,29,34)(H,28,30,31). The van der Waals surface area contributed by atoms with Crippen molar-refractivity contribution >= 4 is 17.5 Å². The molecule has 0 fully saturated rings. The Morgan fingerprint density at radius 2 is 1.85 bits per heavy atom. The van der Waals surface area contributed by atoms with Crippen LogP contribution in [-0.2, 0) is 4.79 Å². The van der Waals surface area contributed by atoms with Crippen molar-refractivity contribution in [3.63, 3.8) is 0 Å². The molecule has 5 rings (SSSR count). The maximum Gasteiger partial charge on any atom is 0.255 e. The van der Waals surface area contributed by atoms with Gasteiger partial charge in [-0.1, -0.05) is 42.5 Å². The van der Waals surface area contributed by atoms with E-state index in [1.165, 1.54) is 0 Å². The number of aromatic nitrogens is 3. The Balaban J connectivity index is 1.61. The van der Waals surface area contributed by atoms with E-state index in [-0.39, 0.29) is 11.7 Å². The van der Waals surface area contributed by atoms with E-state index >= 15 is 0 Å². The normalized spacial score (nSPS) is 14.6. The lowest BCUT2D eigenvalue weighted by Crippen LogP contribution is -2.31. The number of para-hydroxylation sites is 1. The second-order valence-corrected chi connectivity index (χ2v) is 7.87. The van der Waals surface area contributed by atoms with Crippen LogP contribution in [0, 0.1) is 11.3 Å². The molecule has 34 heavy (non-hydrogen) atoms. The van der Waals surface area contributed by atoms with E-state index in [4.69, 9.17) is 0 Å². The summed E-state index contributed by atoms with van der Waals surface area (Å²) in [5.74, 6) is 0.723. The highest BCUT2D eigenvalue weighted by Gasteiger charge is 2.34. The van der Waals surface area contributed by atoms with E-state index in [2.05, 4.69) is 26.8 Å². The van der Waals surface area contributed by atoms with E-state index in [0.29, 0.717) is 39.9 Å². The summed E-state index contributed by atoms with van der Waals surface area (Å²) in [5.41, 5.74) is 3.75. The number of amides is 1. The van der Waals surface area contributed by atoms with Gasteiger partial charge in [0.25, 0.3) is 5.91 Å². The van der Waals surface area contributed by atoms with Crippen molar-refractivity contribution in [2.75, 3.05) is 10.6 Å². The molecule has 0 saturated carbocycles. The van der Waals surface area contributed by atoms with Crippen LogP contribution >= 0.6 is 0 Å². The molecule has 1 aliphatic heterocycles. The molecule has 166 valence electrons.